The molecular formula is C33H41F3N6O3S. The molecule has 0 saturated heterocycles. The third-order valence-corrected chi connectivity index (χ3v) is 9.01. The number of nitro groups is 1. The fourth-order valence-electron chi connectivity index (χ4n) is 5.74. The minimum absolute atomic E-state index is 0.00516. The van der Waals surface area contributed by atoms with Gasteiger partial charge in [0.15, 0.2) is 5.11 Å². The number of nitrogens with zero attached hydrogens (tertiary/aromatic N) is 4. The highest BCUT2D eigenvalue weighted by Gasteiger charge is 2.34. The van der Waals surface area contributed by atoms with Gasteiger partial charge in [-0.25, -0.2) is 4.98 Å². The maximum Gasteiger partial charge on any atom is 0.416 e. The molecule has 1 aliphatic rings. The largest absolute Gasteiger partial charge is 0.416 e. The average Bonchev–Trinajstić information content (AvgIpc) is 3.46. The Bertz CT molecular complexity index is 1470. The van der Waals surface area contributed by atoms with Gasteiger partial charge in [-0.15, -0.1) is 0 Å². The Morgan fingerprint density at radius 2 is 1.85 bits per heavy atom. The third kappa shape index (κ3) is 9.75. The molecule has 0 unspecified atom stereocenters. The number of carbonyl (C=O) groups excluding carboxylic acids is 1. The molecule has 0 radical (unpaired) electrons. The fraction of sp³-hybridized carbons (Fsp3) is 0.485. The van der Waals surface area contributed by atoms with Crippen molar-refractivity contribution < 1.29 is 22.9 Å². The number of benzene rings is 2. The van der Waals surface area contributed by atoms with Crippen LogP contribution in [0, 0.1) is 16.0 Å². The molecule has 1 fully saturated rings. The smallest absolute Gasteiger partial charge is 0.360 e. The molecule has 4 rings (SSSR count). The lowest BCUT2D eigenvalue weighted by Gasteiger charge is -2.35. The highest BCUT2D eigenvalue weighted by molar-refractivity contribution is 7.80. The molecule has 46 heavy (non-hydrogen) atoms. The number of nitrogens with one attached hydrogen (secondary N) is 2. The summed E-state index contributed by atoms with van der Waals surface area (Å²) in [5.41, 5.74) is 0.883. The molecule has 2 aromatic carbocycles. The second kappa shape index (κ2) is 16.0. The third-order valence-electron chi connectivity index (χ3n) is 8.64. The molecule has 0 bridgehead atoms. The van der Waals surface area contributed by atoms with E-state index in [1.165, 1.54) is 24.3 Å². The normalized spacial score (nSPS) is 15.2. The van der Waals surface area contributed by atoms with Crippen LogP contribution in [0.1, 0.15) is 74.8 Å². The van der Waals surface area contributed by atoms with Crippen molar-refractivity contribution in [2.45, 2.75) is 90.1 Å². The van der Waals surface area contributed by atoms with Crippen molar-refractivity contribution >= 4 is 28.9 Å². The Morgan fingerprint density at radius 1 is 1.15 bits per heavy atom. The van der Waals surface area contributed by atoms with Gasteiger partial charge in [-0.05, 0) is 48.2 Å². The van der Waals surface area contributed by atoms with Gasteiger partial charge in [-0.1, -0.05) is 69.9 Å². The lowest BCUT2D eigenvalue weighted by atomic mass is 9.95. The number of hydrogen-bond donors (Lipinski definition) is 2. The Labute approximate surface area is 272 Å². The minimum Gasteiger partial charge on any atom is -0.360 e. The molecule has 1 amide bonds. The number of carbonyl (C=O) groups is 1. The van der Waals surface area contributed by atoms with Crippen LogP contribution in [0.5, 0.6) is 0 Å². The first-order chi connectivity index (χ1) is 21.9. The van der Waals surface area contributed by atoms with Crippen molar-refractivity contribution in [3.8, 4) is 0 Å². The molecule has 2 atom stereocenters. The monoisotopic (exact) mass is 658 g/mol. The molecule has 1 aromatic heterocycles. The maximum absolute atomic E-state index is 13.9. The predicted octanol–water partition coefficient (Wildman–Crippen LogP) is 6.64. The van der Waals surface area contributed by atoms with Crippen LogP contribution < -0.4 is 10.6 Å². The van der Waals surface area contributed by atoms with Gasteiger partial charge in [-0.3, -0.25) is 14.9 Å². The minimum atomic E-state index is -4.51. The topological polar surface area (TPSA) is 105 Å². The summed E-state index contributed by atoms with van der Waals surface area (Å²) in [5.74, 6) is -0.246. The Balaban J connectivity index is 1.50. The van der Waals surface area contributed by atoms with E-state index in [9.17, 15) is 28.1 Å². The molecule has 248 valence electrons. The van der Waals surface area contributed by atoms with E-state index in [0.29, 0.717) is 17.4 Å². The Hall–Kier alpha value is -4.00. The number of hydrogen-bond acceptors (Lipinski definition) is 5. The molecule has 13 heteroatoms. The quantitative estimate of drug-likeness (QED) is 0.121. The lowest BCUT2D eigenvalue weighted by molar-refractivity contribution is -0.384. The molecular weight excluding hydrogens is 617 g/mol. The maximum atomic E-state index is 13.9. The van der Waals surface area contributed by atoms with Crippen molar-refractivity contribution in [2.75, 3.05) is 6.54 Å². The molecule has 0 spiro atoms. The number of nitro benzene ring substituents is 1. The predicted molar refractivity (Wildman–Crippen MR) is 174 cm³/mol. The van der Waals surface area contributed by atoms with Gasteiger partial charge in [0.25, 0.3) is 5.69 Å². The van der Waals surface area contributed by atoms with Crippen LogP contribution in [0.15, 0.2) is 61.1 Å². The van der Waals surface area contributed by atoms with Crippen LogP contribution in [-0.4, -0.2) is 49.0 Å². The average molecular weight is 659 g/mol. The summed E-state index contributed by atoms with van der Waals surface area (Å²) in [6.45, 7) is 4.56. The molecule has 0 aliphatic heterocycles. The number of aromatic nitrogens is 2. The van der Waals surface area contributed by atoms with E-state index >= 15 is 0 Å². The van der Waals surface area contributed by atoms with Crippen molar-refractivity contribution in [1.29, 1.82) is 0 Å². The van der Waals surface area contributed by atoms with E-state index in [1.54, 1.807) is 35.6 Å². The van der Waals surface area contributed by atoms with E-state index in [0.717, 1.165) is 50.2 Å². The fourth-order valence-corrected chi connectivity index (χ4v) is 6.05. The second-order valence-electron chi connectivity index (χ2n) is 12.0. The first-order valence-electron chi connectivity index (χ1n) is 15.7. The summed E-state index contributed by atoms with van der Waals surface area (Å²) >= 11 is 5.81. The zero-order valence-electron chi connectivity index (χ0n) is 26.1. The summed E-state index contributed by atoms with van der Waals surface area (Å²) in [6.07, 6.45) is 4.66. The number of thiocarbonyl (C=S) groups is 1. The van der Waals surface area contributed by atoms with Crippen LogP contribution in [-0.2, 0) is 30.5 Å². The highest BCUT2D eigenvalue weighted by atomic mass is 32.1. The molecule has 1 heterocycles. The van der Waals surface area contributed by atoms with Crippen LogP contribution in [0.4, 0.5) is 18.9 Å². The van der Waals surface area contributed by atoms with Crippen molar-refractivity contribution in [2.24, 2.45) is 5.92 Å². The van der Waals surface area contributed by atoms with Crippen molar-refractivity contribution in [3.63, 3.8) is 0 Å². The molecule has 1 aliphatic carbocycles. The first kappa shape index (κ1) is 34.9. The van der Waals surface area contributed by atoms with Crippen LogP contribution in [0.25, 0.3) is 0 Å². The SMILES string of the molecule is CC[C@H](C)[C@@H](CN(Cc1ccccc1C(F)(F)F)C(=S)NC1CCCCC1)NC(=O)Cc1cncn1Cc1ccc([N+](=O)[O-])cc1. The van der Waals surface area contributed by atoms with Crippen molar-refractivity contribution in [1.82, 2.24) is 25.1 Å². The number of imidazole rings is 1. The van der Waals surface area contributed by atoms with Crippen molar-refractivity contribution in [3.05, 3.63) is 93.6 Å². The second-order valence-corrected chi connectivity index (χ2v) is 12.4. The van der Waals surface area contributed by atoms with Gasteiger partial charge >= 0.3 is 6.18 Å². The number of non-ortho nitro benzene ring substituents is 1. The number of rotatable bonds is 13. The van der Waals surface area contributed by atoms with E-state index in [1.807, 2.05) is 18.4 Å². The molecule has 9 nitrogen and oxygen atoms in total. The zero-order valence-corrected chi connectivity index (χ0v) is 26.9. The van der Waals surface area contributed by atoms with Gasteiger partial charge in [0.2, 0.25) is 5.91 Å². The number of alkyl halides is 3. The zero-order chi connectivity index (χ0) is 33.3. The van der Waals surface area contributed by atoms with Gasteiger partial charge in [-0.2, -0.15) is 13.2 Å². The van der Waals surface area contributed by atoms with E-state index < -0.39 is 22.7 Å². The van der Waals surface area contributed by atoms with Crippen LogP contribution in [0.2, 0.25) is 0 Å². The number of halogens is 3. The lowest BCUT2D eigenvalue weighted by Crippen LogP contribution is -2.52. The highest BCUT2D eigenvalue weighted by Crippen LogP contribution is 2.32. The summed E-state index contributed by atoms with van der Waals surface area (Å²) < 4.78 is 43.6. The molecule has 1 saturated carbocycles. The Morgan fingerprint density at radius 3 is 2.50 bits per heavy atom. The van der Waals surface area contributed by atoms with Gasteiger partial charge < -0.3 is 20.1 Å². The van der Waals surface area contributed by atoms with Gasteiger partial charge in [0, 0.05) is 55.7 Å². The summed E-state index contributed by atoms with van der Waals surface area (Å²) in [6, 6.07) is 11.5. The first-order valence-corrected chi connectivity index (χ1v) is 16.1. The van der Waals surface area contributed by atoms with E-state index in [4.69, 9.17) is 12.2 Å². The van der Waals surface area contributed by atoms with E-state index in [2.05, 4.69) is 15.6 Å². The standard InChI is InChI=1S/C33H41F3N6O3S/c1-3-23(2)30(39-31(43)17-28-18-37-22-41(28)19-24-13-15-27(16-14-24)42(44)45)21-40(32(46)38-26-10-5-4-6-11-26)20-25-9-7-8-12-29(25)33(34,35)36/h7-9,12-16,18,22-23,26,30H,3-6,10-11,17,19-21H2,1-2H3,(H,38,46)(H,39,43)/t23-,30+/m0/s1. The van der Waals surface area contributed by atoms with Gasteiger partial charge in [0.05, 0.1) is 23.2 Å². The summed E-state index contributed by atoms with van der Waals surface area (Å²) in [4.78, 5) is 29.9. The van der Waals surface area contributed by atoms with Gasteiger partial charge in [0.1, 0.15) is 0 Å². The summed E-state index contributed by atoms with van der Waals surface area (Å²) in [5, 5.41) is 17.9. The van der Waals surface area contributed by atoms with E-state index in [-0.39, 0.29) is 48.6 Å². The Kier molecular flexibility index (Phi) is 12.1. The van der Waals surface area contributed by atoms with Crippen LogP contribution in [0.3, 0.4) is 0 Å². The molecule has 2 N–H and O–H groups in total. The van der Waals surface area contributed by atoms with Crippen LogP contribution >= 0.6 is 12.2 Å². The molecule has 3 aromatic rings. The number of amides is 1. The summed E-state index contributed by atoms with van der Waals surface area (Å²) in [7, 11) is 0.